The molecule has 0 fully saturated rings. The lowest BCUT2D eigenvalue weighted by Crippen LogP contribution is -2.02. The summed E-state index contributed by atoms with van der Waals surface area (Å²) in [5.74, 6) is 0. The number of nitrogens with one attached hydrogen (secondary N) is 1. The van der Waals surface area contributed by atoms with Crippen molar-refractivity contribution in [3.63, 3.8) is 0 Å². The molecule has 2 aromatic carbocycles. The van der Waals surface area contributed by atoms with E-state index < -0.39 is 0 Å². The van der Waals surface area contributed by atoms with Gasteiger partial charge in [-0.25, -0.2) is 0 Å². The normalized spacial score (nSPS) is 10.6. The summed E-state index contributed by atoms with van der Waals surface area (Å²) < 4.78 is 0. The van der Waals surface area contributed by atoms with Gasteiger partial charge in [-0.15, -0.1) is 11.3 Å². The molecule has 0 saturated heterocycles. The van der Waals surface area contributed by atoms with Crippen LogP contribution in [-0.4, -0.2) is 0 Å². The smallest absolute Gasteiger partial charge is 0.0430 e. The first-order valence-electron chi connectivity index (χ1n) is 7.17. The van der Waals surface area contributed by atoms with Gasteiger partial charge in [-0.2, -0.15) is 0 Å². The highest BCUT2D eigenvalue weighted by atomic mass is 32.1. The molecule has 1 heterocycles. The molecule has 1 N–H and O–H groups in total. The number of hydrogen-bond acceptors (Lipinski definition) is 2. The number of anilines is 1. The van der Waals surface area contributed by atoms with Crippen LogP contribution in [0.4, 0.5) is 5.69 Å². The van der Waals surface area contributed by atoms with E-state index in [1.54, 1.807) is 11.3 Å². The van der Waals surface area contributed by atoms with Crippen LogP contribution in [0.2, 0.25) is 0 Å². The summed E-state index contributed by atoms with van der Waals surface area (Å²) in [7, 11) is 0. The molecule has 0 radical (unpaired) electrons. The zero-order valence-electron chi connectivity index (χ0n) is 12.4. The number of aryl methyl sites for hydroxylation is 2. The van der Waals surface area contributed by atoms with E-state index in [4.69, 9.17) is 0 Å². The van der Waals surface area contributed by atoms with Crippen molar-refractivity contribution in [1.82, 2.24) is 0 Å². The first-order valence-corrected chi connectivity index (χ1v) is 8.05. The van der Waals surface area contributed by atoms with Crippen LogP contribution in [0.25, 0.3) is 10.4 Å². The third-order valence-electron chi connectivity index (χ3n) is 3.68. The van der Waals surface area contributed by atoms with E-state index in [1.807, 2.05) is 0 Å². The fourth-order valence-corrected chi connectivity index (χ4v) is 3.28. The predicted octanol–water partition coefficient (Wildman–Crippen LogP) is 5.64. The Hall–Kier alpha value is -2.06. The number of thiophene rings is 1. The first-order chi connectivity index (χ1) is 10.2. The van der Waals surface area contributed by atoms with Gasteiger partial charge in [0.1, 0.15) is 0 Å². The standard InChI is InChI=1S/C19H19NS/c1-14-9-10-16(15(2)12-14)13-20-18-7-4-3-6-17(18)19-8-5-11-21-19/h3-12,20H,13H2,1-2H3. The molecule has 0 amide bonds. The molecule has 0 spiro atoms. The number of benzene rings is 2. The fraction of sp³-hybridized carbons (Fsp3) is 0.158. The van der Waals surface area contributed by atoms with E-state index in [0.29, 0.717) is 0 Å². The molecule has 0 aliphatic heterocycles. The van der Waals surface area contributed by atoms with E-state index in [-0.39, 0.29) is 0 Å². The van der Waals surface area contributed by atoms with Gasteiger partial charge in [-0.3, -0.25) is 0 Å². The van der Waals surface area contributed by atoms with Gasteiger partial charge >= 0.3 is 0 Å². The van der Waals surface area contributed by atoms with Crippen LogP contribution >= 0.6 is 11.3 Å². The lowest BCUT2D eigenvalue weighted by atomic mass is 10.1. The van der Waals surface area contributed by atoms with Gasteiger partial charge < -0.3 is 5.32 Å². The highest BCUT2D eigenvalue weighted by Gasteiger charge is 2.06. The topological polar surface area (TPSA) is 12.0 Å². The Bertz CT molecular complexity index is 729. The van der Waals surface area contributed by atoms with Gasteiger partial charge in [-0.05, 0) is 42.5 Å². The minimum absolute atomic E-state index is 0.856. The molecule has 0 unspecified atom stereocenters. The molecule has 0 aliphatic rings. The molecule has 3 rings (SSSR count). The molecule has 2 heteroatoms. The average molecular weight is 293 g/mol. The minimum Gasteiger partial charge on any atom is -0.380 e. The third-order valence-corrected chi connectivity index (χ3v) is 4.58. The summed E-state index contributed by atoms with van der Waals surface area (Å²) >= 11 is 1.78. The van der Waals surface area contributed by atoms with Crippen molar-refractivity contribution >= 4 is 17.0 Å². The zero-order valence-corrected chi connectivity index (χ0v) is 13.2. The van der Waals surface area contributed by atoms with Gasteiger partial charge in [0.2, 0.25) is 0 Å². The second kappa shape index (κ2) is 6.15. The molecular weight excluding hydrogens is 274 g/mol. The van der Waals surface area contributed by atoms with Gasteiger partial charge in [0, 0.05) is 22.7 Å². The van der Waals surface area contributed by atoms with Crippen LogP contribution in [0.1, 0.15) is 16.7 Å². The van der Waals surface area contributed by atoms with Crippen LogP contribution < -0.4 is 5.32 Å². The fourth-order valence-electron chi connectivity index (χ4n) is 2.52. The van der Waals surface area contributed by atoms with Crippen molar-refractivity contribution in [1.29, 1.82) is 0 Å². The van der Waals surface area contributed by atoms with Crippen LogP contribution in [0.5, 0.6) is 0 Å². The average Bonchev–Trinajstić information content (AvgIpc) is 3.01. The number of para-hydroxylation sites is 1. The van der Waals surface area contributed by atoms with Crippen molar-refractivity contribution < 1.29 is 0 Å². The highest BCUT2D eigenvalue weighted by Crippen LogP contribution is 2.31. The summed E-state index contributed by atoms with van der Waals surface area (Å²) in [6.07, 6.45) is 0. The summed E-state index contributed by atoms with van der Waals surface area (Å²) in [5.41, 5.74) is 6.48. The van der Waals surface area contributed by atoms with E-state index in [2.05, 4.69) is 79.1 Å². The Morgan fingerprint density at radius 1 is 0.952 bits per heavy atom. The van der Waals surface area contributed by atoms with Crippen LogP contribution in [-0.2, 0) is 6.54 Å². The SMILES string of the molecule is Cc1ccc(CNc2ccccc2-c2cccs2)c(C)c1. The van der Waals surface area contributed by atoms with Crippen LogP contribution in [0, 0.1) is 13.8 Å². The Morgan fingerprint density at radius 2 is 1.81 bits per heavy atom. The maximum Gasteiger partial charge on any atom is 0.0430 e. The maximum absolute atomic E-state index is 3.58. The van der Waals surface area contributed by atoms with E-state index >= 15 is 0 Å². The second-order valence-electron chi connectivity index (χ2n) is 5.31. The summed E-state index contributed by atoms with van der Waals surface area (Å²) in [4.78, 5) is 1.30. The van der Waals surface area contributed by atoms with Gasteiger partial charge in [0.05, 0.1) is 0 Å². The molecule has 0 saturated carbocycles. The Kier molecular flexibility index (Phi) is 4.07. The van der Waals surface area contributed by atoms with Gasteiger partial charge in [0.15, 0.2) is 0 Å². The molecule has 0 atom stereocenters. The Labute approximate surface area is 130 Å². The lowest BCUT2D eigenvalue weighted by Gasteiger charge is -2.13. The third kappa shape index (κ3) is 3.17. The molecule has 0 aliphatic carbocycles. The summed E-state index contributed by atoms with van der Waals surface area (Å²) in [5, 5.41) is 5.71. The molecule has 1 nitrogen and oxygen atoms in total. The van der Waals surface area contributed by atoms with E-state index in [9.17, 15) is 0 Å². The molecule has 0 bridgehead atoms. The molecule has 21 heavy (non-hydrogen) atoms. The summed E-state index contributed by atoms with van der Waals surface area (Å²) in [6.45, 7) is 5.17. The Balaban J connectivity index is 1.83. The maximum atomic E-state index is 3.58. The first kappa shape index (κ1) is 13.9. The van der Waals surface area contributed by atoms with Crippen molar-refractivity contribution in [2.24, 2.45) is 0 Å². The monoisotopic (exact) mass is 293 g/mol. The summed E-state index contributed by atoms with van der Waals surface area (Å²) in [6, 6.07) is 19.4. The largest absolute Gasteiger partial charge is 0.380 e. The highest BCUT2D eigenvalue weighted by molar-refractivity contribution is 7.13. The van der Waals surface area contributed by atoms with E-state index in [1.165, 1.54) is 32.8 Å². The van der Waals surface area contributed by atoms with Crippen molar-refractivity contribution in [3.05, 3.63) is 76.7 Å². The number of hydrogen-bond donors (Lipinski definition) is 1. The Morgan fingerprint density at radius 3 is 2.57 bits per heavy atom. The van der Waals surface area contributed by atoms with Gasteiger partial charge in [-0.1, -0.05) is 48.0 Å². The predicted molar refractivity (Wildman–Crippen MR) is 93.0 cm³/mol. The van der Waals surface area contributed by atoms with Crippen LogP contribution in [0.15, 0.2) is 60.0 Å². The quantitative estimate of drug-likeness (QED) is 0.656. The van der Waals surface area contributed by atoms with E-state index in [0.717, 1.165) is 6.54 Å². The van der Waals surface area contributed by atoms with Crippen LogP contribution in [0.3, 0.4) is 0 Å². The van der Waals surface area contributed by atoms with Gasteiger partial charge in [0.25, 0.3) is 0 Å². The molecule has 3 aromatic rings. The molecule has 106 valence electrons. The molecule has 1 aromatic heterocycles. The van der Waals surface area contributed by atoms with Crippen molar-refractivity contribution in [3.8, 4) is 10.4 Å². The van der Waals surface area contributed by atoms with Crippen molar-refractivity contribution in [2.75, 3.05) is 5.32 Å². The number of rotatable bonds is 4. The zero-order chi connectivity index (χ0) is 14.7. The van der Waals surface area contributed by atoms with Crippen molar-refractivity contribution in [2.45, 2.75) is 20.4 Å². The lowest BCUT2D eigenvalue weighted by molar-refractivity contribution is 1.11. The second-order valence-corrected chi connectivity index (χ2v) is 6.25. The molecular formula is C19H19NS. The minimum atomic E-state index is 0.856.